The molecule has 1 aromatic rings. The third-order valence-corrected chi connectivity index (χ3v) is 3.44. The number of aryl methyl sites for hydroxylation is 1. The Balaban J connectivity index is 2.79. The van der Waals surface area contributed by atoms with Gasteiger partial charge >= 0.3 is 0 Å². The Hall–Kier alpha value is -1.91. The SMILES string of the molecule is CCCC[C@H](CC)C(=O)Nc1ccc(C)c([N+](=O)[O-])c1. The normalized spacial score (nSPS) is 11.9. The molecular weight excluding hydrogens is 256 g/mol. The summed E-state index contributed by atoms with van der Waals surface area (Å²) in [6, 6.07) is 4.77. The van der Waals surface area contributed by atoms with Crippen LogP contribution in [0.4, 0.5) is 11.4 Å². The lowest BCUT2D eigenvalue weighted by Gasteiger charge is -2.14. The third kappa shape index (κ3) is 4.33. The van der Waals surface area contributed by atoms with E-state index in [2.05, 4.69) is 12.2 Å². The smallest absolute Gasteiger partial charge is 0.274 e. The first-order chi connectivity index (χ1) is 9.49. The molecule has 0 aromatic heterocycles. The number of carbonyl (C=O) groups is 1. The number of amides is 1. The van der Waals surface area contributed by atoms with Crippen molar-refractivity contribution in [3.63, 3.8) is 0 Å². The molecule has 0 unspecified atom stereocenters. The lowest BCUT2D eigenvalue weighted by atomic mass is 9.98. The van der Waals surface area contributed by atoms with Gasteiger partial charge in [0.25, 0.3) is 5.69 Å². The van der Waals surface area contributed by atoms with Gasteiger partial charge in [-0.15, -0.1) is 0 Å². The van der Waals surface area contributed by atoms with Gasteiger partial charge in [-0.2, -0.15) is 0 Å². The topological polar surface area (TPSA) is 72.2 Å². The highest BCUT2D eigenvalue weighted by molar-refractivity contribution is 5.92. The number of hydrogen-bond donors (Lipinski definition) is 1. The molecule has 0 bridgehead atoms. The van der Waals surface area contributed by atoms with Crippen molar-refractivity contribution in [2.24, 2.45) is 5.92 Å². The number of nitrogens with one attached hydrogen (secondary N) is 1. The summed E-state index contributed by atoms with van der Waals surface area (Å²) < 4.78 is 0. The second-order valence-corrected chi connectivity index (χ2v) is 5.00. The van der Waals surface area contributed by atoms with Gasteiger partial charge in [-0.3, -0.25) is 14.9 Å². The highest BCUT2D eigenvalue weighted by Gasteiger charge is 2.17. The van der Waals surface area contributed by atoms with Crippen LogP contribution in [0.5, 0.6) is 0 Å². The monoisotopic (exact) mass is 278 g/mol. The van der Waals surface area contributed by atoms with Crippen molar-refractivity contribution in [1.29, 1.82) is 0 Å². The minimum atomic E-state index is -0.431. The quantitative estimate of drug-likeness (QED) is 0.604. The van der Waals surface area contributed by atoms with E-state index in [0.717, 1.165) is 25.7 Å². The zero-order valence-corrected chi connectivity index (χ0v) is 12.3. The van der Waals surface area contributed by atoms with Gasteiger partial charge in [-0.1, -0.05) is 32.8 Å². The number of carbonyl (C=O) groups excluding carboxylic acids is 1. The first-order valence-corrected chi connectivity index (χ1v) is 7.05. The van der Waals surface area contributed by atoms with Crippen LogP contribution in [0.1, 0.15) is 45.1 Å². The molecule has 5 heteroatoms. The molecule has 1 rings (SSSR count). The van der Waals surface area contributed by atoms with Crippen molar-refractivity contribution in [1.82, 2.24) is 0 Å². The van der Waals surface area contributed by atoms with Crippen LogP contribution in [0.2, 0.25) is 0 Å². The number of benzene rings is 1. The molecular formula is C15H22N2O3. The van der Waals surface area contributed by atoms with Crippen LogP contribution < -0.4 is 5.32 Å². The van der Waals surface area contributed by atoms with Gasteiger partial charge in [0.05, 0.1) is 4.92 Å². The molecule has 1 aromatic carbocycles. The Morgan fingerprint density at radius 1 is 1.40 bits per heavy atom. The van der Waals surface area contributed by atoms with Crippen molar-refractivity contribution in [2.45, 2.75) is 46.5 Å². The number of anilines is 1. The first kappa shape index (κ1) is 16.1. The van der Waals surface area contributed by atoms with Crippen molar-refractivity contribution in [2.75, 3.05) is 5.32 Å². The predicted octanol–water partition coefficient (Wildman–Crippen LogP) is 4.06. The fourth-order valence-corrected chi connectivity index (χ4v) is 2.10. The second-order valence-electron chi connectivity index (χ2n) is 5.00. The first-order valence-electron chi connectivity index (χ1n) is 7.05. The van der Waals surface area contributed by atoms with Gasteiger partial charge in [0.1, 0.15) is 0 Å². The molecule has 0 aliphatic carbocycles. The summed E-state index contributed by atoms with van der Waals surface area (Å²) in [6.07, 6.45) is 3.70. The summed E-state index contributed by atoms with van der Waals surface area (Å²) in [5.41, 5.74) is 1.11. The molecule has 1 atom stereocenters. The Bertz CT molecular complexity index is 486. The van der Waals surface area contributed by atoms with Crippen LogP contribution in [0.3, 0.4) is 0 Å². The molecule has 0 fully saturated rings. The van der Waals surface area contributed by atoms with E-state index in [1.54, 1.807) is 19.1 Å². The van der Waals surface area contributed by atoms with Gasteiger partial charge in [0.2, 0.25) is 5.91 Å². The fraction of sp³-hybridized carbons (Fsp3) is 0.533. The summed E-state index contributed by atoms with van der Waals surface area (Å²) in [5, 5.41) is 13.7. The summed E-state index contributed by atoms with van der Waals surface area (Å²) in [5.74, 6) is -0.0885. The lowest BCUT2D eigenvalue weighted by molar-refractivity contribution is -0.385. The average Bonchev–Trinajstić information content (AvgIpc) is 2.41. The van der Waals surface area contributed by atoms with E-state index >= 15 is 0 Å². The molecule has 0 radical (unpaired) electrons. The molecule has 0 aliphatic rings. The van der Waals surface area contributed by atoms with Gasteiger partial charge in [-0.05, 0) is 25.8 Å². The number of hydrogen-bond acceptors (Lipinski definition) is 3. The van der Waals surface area contributed by atoms with E-state index in [9.17, 15) is 14.9 Å². The van der Waals surface area contributed by atoms with E-state index in [1.807, 2.05) is 6.92 Å². The average molecular weight is 278 g/mol. The number of unbranched alkanes of at least 4 members (excludes halogenated alkanes) is 1. The number of nitro groups is 1. The predicted molar refractivity (Wildman–Crippen MR) is 79.8 cm³/mol. The molecule has 110 valence electrons. The van der Waals surface area contributed by atoms with Crippen LogP contribution in [0.15, 0.2) is 18.2 Å². The number of nitrogens with zero attached hydrogens (tertiary/aromatic N) is 1. The maximum absolute atomic E-state index is 12.1. The van der Waals surface area contributed by atoms with E-state index in [0.29, 0.717) is 11.3 Å². The third-order valence-electron chi connectivity index (χ3n) is 3.44. The molecule has 0 saturated heterocycles. The number of rotatable bonds is 7. The summed E-state index contributed by atoms with van der Waals surface area (Å²) in [6.45, 7) is 5.76. The summed E-state index contributed by atoms with van der Waals surface area (Å²) in [4.78, 5) is 22.6. The second kappa shape index (κ2) is 7.62. The summed E-state index contributed by atoms with van der Waals surface area (Å²) >= 11 is 0. The Kier molecular flexibility index (Phi) is 6.15. The Morgan fingerprint density at radius 3 is 2.65 bits per heavy atom. The molecule has 0 saturated carbocycles. The van der Waals surface area contributed by atoms with Crippen LogP contribution >= 0.6 is 0 Å². The molecule has 20 heavy (non-hydrogen) atoms. The largest absolute Gasteiger partial charge is 0.326 e. The highest BCUT2D eigenvalue weighted by atomic mass is 16.6. The van der Waals surface area contributed by atoms with Gasteiger partial charge in [0, 0.05) is 23.2 Å². The van der Waals surface area contributed by atoms with Gasteiger partial charge in [-0.25, -0.2) is 0 Å². The zero-order valence-electron chi connectivity index (χ0n) is 12.3. The van der Waals surface area contributed by atoms with Crippen molar-refractivity contribution in [3.05, 3.63) is 33.9 Å². The zero-order chi connectivity index (χ0) is 15.1. The van der Waals surface area contributed by atoms with Gasteiger partial charge in [0.15, 0.2) is 0 Å². The van der Waals surface area contributed by atoms with Crippen LogP contribution in [0.25, 0.3) is 0 Å². The maximum atomic E-state index is 12.1. The van der Waals surface area contributed by atoms with E-state index in [4.69, 9.17) is 0 Å². The van der Waals surface area contributed by atoms with Crippen LogP contribution in [-0.2, 0) is 4.79 Å². The van der Waals surface area contributed by atoms with Crippen molar-refractivity contribution in [3.8, 4) is 0 Å². The molecule has 1 N–H and O–H groups in total. The van der Waals surface area contributed by atoms with E-state index in [1.165, 1.54) is 6.07 Å². The number of nitro benzene ring substituents is 1. The molecule has 1 amide bonds. The molecule has 0 spiro atoms. The summed E-state index contributed by atoms with van der Waals surface area (Å²) in [7, 11) is 0. The maximum Gasteiger partial charge on any atom is 0.274 e. The van der Waals surface area contributed by atoms with Gasteiger partial charge < -0.3 is 5.32 Å². The molecule has 0 aliphatic heterocycles. The van der Waals surface area contributed by atoms with Crippen molar-refractivity contribution >= 4 is 17.3 Å². The van der Waals surface area contributed by atoms with E-state index in [-0.39, 0.29) is 17.5 Å². The minimum absolute atomic E-state index is 0.0319. The Labute approximate surface area is 119 Å². The van der Waals surface area contributed by atoms with Crippen molar-refractivity contribution < 1.29 is 9.72 Å². The fourth-order valence-electron chi connectivity index (χ4n) is 2.10. The standard InChI is InChI=1S/C15H22N2O3/c1-4-6-7-12(5-2)15(18)16-13-9-8-11(3)14(10-13)17(19)20/h8-10,12H,4-7H2,1-3H3,(H,16,18)/t12-/m0/s1. The minimum Gasteiger partial charge on any atom is -0.326 e. The lowest BCUT2D eigenvalue weighted by Crippen LogP contribution is -2.22. The molecule has 5 nitrogen and oxygen atoms in total. The molecule has 0 heterocycles. The van der Waals surface area contributed by atoms with Crippen LogP contribution in [-0.4, -0.2) is 10.8 Å². The highest BCUT2D eigenvalue weighted by Crippen LogP contribution is 2.23. The Morgan fingerprint density at radius 2 is 2.10 bits per heavy atom. The van der Waals surface area contributed by atoms with Crippen LogP contribution in [0, 0.1) is 23.0 Å². The van der Waals surface area contributed by atoms with E-state index < -0.39 is 4.92 Å².